The van der Waals surface area contributed by atoms with E-state index in [9.17, 15) is 18.0 Å². The number of aliphatic imine (C=N–C) groups is 1. The van der Waals surface area contributed by atoms with Gasteiger partial charge in [0.25, 0.3) is 5.91 Å². The number of aromatic nitrogens is 1. The van der Waals surface area contributed by atoms with Crippen molar-refractivity contribution in [1.82, 2.24) is 9.88 Å². The summed E-state index contributed by atoms with van der Waals surface area (Å²) in [5.41, 5.74) is 1.15. The standard InChI is InChI=1S/C22H22F3N3O/c1-3-19-17(8-6-12-27-19)20(26-2)21(29)28-13-10-15(11-14-28)16-7-4-5-9-18(16)22(23,24)25/h3-9,12,15H,1,10-11,13-14H2,2H3. The fraction of sp³-hybridized carbons (Fsp3) is 0.318. The van der Waals surface area contributed by atoms with E-state index < -0.39 is 11.7 Å². The van der Waals surface area contributed by atoms with Crippen molar-refractivity contribution in [2.75, 3.05) is 20.1 Å². The number of piperidine rings is 1. The number of amides is 1. The highest BCUT2D eigenvalue weighted by Gasteiger charge is 2.36. The Bertz CT molecular complexity index is 929. The van der Waals surface area contributed by atoms with E-state index in [1.165, 1.54) is 12.1 Å². The number of hydrogen-bond acceptors (Lipinski definition) is 3. The Labute approximate surface area is 167 Å². The van der Waals surface area contributed by atoms with Gasteiger partial charge in [0.05, 0.1) is 11.3 Å². The number of pyridine rings is 1. The third-order valence-corrected chi connectivity index (χ3v) is 5.20. The second kappa shape index (κ2) is 8.59. The van der Waals surface area contributed by atoms with Gasteiger partial charge in [0, 0.05) is 31.9 Å². The predicted molar refractivity (Wildman–Crippen MR) is 107 cm³/mol. The summed E-state index contributed by atoms with van der Waals surface area (Å²) in [7, 11) is 1.54. The van der Waals surface area contributed by atoms with Crippen LogP contribution in [0.2, 0.25) is 0 Å². The first-order chi connectivity index (χ1) is 13.9. The molecule has 2 heterocycles. The molecule has 152 valence electrons. The van der Waals surface area contributed by atoms with Crippen LogP contribution in [-0.2, 0) is 11.0 Å². The number of carbonyl (C=O) groups excluding carboxylic acids is 1. The van der Waals surface area contributed by atoms with Crippen LogP contribution in [-0.4, -0.2) is 41.6 Å². The number of halogens is 3. The summed E-state index contributed by atoms with van der Waals surface area (Å²) >= 11 is 0. The van der Waals surface area contributed by atoms with E-state index in [1.807, 2.05) is 0 Å². The molecule has 1 amide bonds. The number of carbonyl (C=O) groups is 1. The van der Waals surface area contributed by atoms with Gasteiger partial charge in [0.2, 0.25) is 0 Å². The summed E-state index contributed by atoms with van der Waals surface area (Å²) < 4.78 is 40.0. The molecule has 0 atom stereocenters. The summed E-state index contributed by atoms with van der Waals surface area (Å²) in [6.45, 7) is 4.46. The summed E-state index contributed by atoms with van der Waals surface area (Å²) in [5.74, 6) is -0.479. The third-order valence-electron chi connectivity index (χ3n) is 5.20. The third kappa shape index (κ3) is 4.39. The lowest BCUT2D eigenvalue weighted by molar-refractivity contribution is -0.138. The largest absolute Gasteiger partial charge is 0.416 e. The molecule has 1 fully saturated rings. The molecular weight excluding hydrogens is 379 g/mol. The number of rotatable bonds is 4. The predicted octanol–water partition coefficient (Wildman–Crippen LogP) is 4.57. The van der Waals surface area contributed by atoms with Gasteiger partial charge in [-0.3, -0.25) is 14.8 Å². The van der Waals surface area contributed by atoms with Crippen LogP contribution in [0.25, 0.3) is 6.08 Å². The fourth-order valence-corrected chi connectivity index (χ4v) is 3.77. The van der Waals surface area contributed by atoms with Gasteiger partial charge < -0.3 is 4.90 Å². The lowest BCUT2D eigenvalue weighted by Gasteiger charge is -2.33. The molecule has 1 saturated heterocycles. The van der Waals surface area contributed by atoms with Gasteiger partial charge in [-0.1, -0.05) is 24.8 Å². The van der Waals surface area contributed by atoms with E-state index in [-0.39, 0.29) is 17.5 Å². The van der Waals surface area contributed by atoms with Crippen molar-refractivity contribution in [3.8, 4) is 0 Å². The Balaban J connectivity index is 1.76. The molecular formula is C22H22F3N3O. The highest BCUT2D eigenvalue weighted by molar-refractivity contribution is 6.45. The van der Waals surface area contributed by atoms with Crippen LogP contribution in [0, 0.1) is 0 Å². The average Bonchev–Trinajstić information content (AvgIpc) is 2.74. The van der Waals surface area contributed by atoms with Crippen LogP contribution in [0.15, 0.2) is 54.2 Å². The molecule has 0 radical (unpaired) electrons. The molecule has 0 spiro atoms. The highest BCUT2D eigenvalue weighted by atomic mass is 19.4. The molecule has 1 aliphatic heterocycles. The molecule has 0 saturated carbocycles. The first-order valence-electron chi connectivity index (χ1n) is 9.36. The first-order valence-corrected chi connectivity index (χ1v) is 9.36. The molecule has 1 aliphatic rings. The van der Waals surface area contributed by atoms with Gasteiger partial charge in [-0.15, -0.1) is 0 Å². The number of nitrogens with zero attached hydrogens (tertiary/aromatic N) is 3. The molecule has 2 aromatic rings. The molecule has 29 heavy (non-hydrogen) atoms. The van der Waals surface area contributed by atoms with Crippen LogP contribution in [0.4, 0.5) is 13.2 Å². The van der Waals surface area contributed by atoms with Crippen molar-refractivity contribution in [3.63, 3.8) is 0 Å². The second-order valence-electron chi connectivity index (χ2n) is 6.86. The lowest BCUT2D eigenvalue weighted by atomic mass is 9.86. The number of likely N-dealkylation sites (tertiary alicyclic amines) is 1. The average molecular weight is 401 g/mol. The van der Waals surface area contributed by atoms with Crippen LogP contribution >= 0.6 is 0 Å². The van der Waals surface area contributed by atoms with Gasteiger partial charge in [-0.25, -0.2) is 0 Å². The van der Waals surface area contributed by atoms with E-state index in [0.29, 0.717) is 42.8 Å². The van der Waals surface area contributed by atoms with Crippen LogP contribution < -0.4 is 0 Å². The molecule has 7 heteroatoms. The zero-order valence-electron chi connectivity index (χ0n) is 16.1. The van der Waals surface area contributed by atoms with E-state index in [4.69, 9.17) is 0 Å². The summed E-state index contributed by atoms with van der Waals surface area (Å²) in [6, 6.07) is 9.17. The van der Waals surface area contributed by atoms with Crippen LogP contribution in [0.3, 0.4) is 0 Å². The molecule has 0 unspecified atom stereocenters. The van der Waals surface area contributed by atoms with Gasteiger partial charge in [-0.05, 0) is 48.6 Å². The summed E-state index contributed by atoms with van der Waals surface area (Å²) in [4.78, 5) is 23.0. The molecule has 1 aromatic heterocycles. The zero-order chi connectivity index (χ0) is 21.0. The van der Waals surface area contributed by atoms with Crippen molar-refractivity contribution in [2.24, 2.45) is 4.99 Å². The van der Waals surface area contributed by atoms with Crippen molar-refractivity contribution in [1.29, 1.82) is 0 Å². The summed E-state index contributed by atoms with van der Waals surface area (Å²) in [6.07, 6.45) is -0.267. The molecule has 1 aromatic carbocycles. The Hall–Kier alpha value is -2.96. The quantitative estimate of drug-likeness (QED) is 0.705. The normalized spacial score (nSPS) is 16.0. The maximum absolute atomic E-state index is 13.3. The van der Waals surface area contributed by atoms with Gasteiger partial charge in [0.15, 0.2) is 0 Å². The smallest absolute Gasteiger partial charge is 0.337 e. The minimum Gasteiger partial charge on any atom is -0.337 e. The minimum atomic E-state index is -4.38. The fourth-order valence-electron chi connectivity index (χ4n) is 3.77. The van der Waals surface area contributed by atoms with Crippen molar-refractivity contribution >= 4 is 17.7 Å². The Morgan fingerprint density at radius 3 is 2.52 bits per heavy atom. The molecule has 0 N–H and O–H groups in total. The van der Waals surface area contributed by atoms with E-state index in [0.717, 1.165) is 6.07 Å². The van der Waals surface area contributed by atoms with Crippen LogP contribution in [0.5, 0.6) is 0 Å². The molecule has 3 rings (SSSR count). The zero-order valence-corrected chi connectivity index (χ0v) is 16.1. The highest BCUT2D eigenvalue weighted by Crippen LogP contribution is 2.38. The molecule has 0 aliphatic carbocycles. The van der Waals surface area contributed by atoms with Crippen molar-refractivity contribution in [2.45, 2.75) is 24.9 Å². The van der Waals surface area contributed by atoms with E-state index in [1.54, 1.807) is 42.4 Å². The van der Waals surface area contributed by atoms with E-state index in [2.05, 4.69) is 16.6 Å². The monoisotopic (exact) mass is 401 g/mol. The SMILES string of the molecule is C=Cc1ncccc1C(=NC)C(=O)N1CCC(c2ccccc2C(F)(F)F)CC1. The lowest BCUT2D eigenvalue weighted by Crippen LogP contribution is -2.42. The van der Waals surface area contributed by atoms with Crippen molar-refractivity contribution < 1.29 is 18.0 Å². The maximum Gasteiger partial charge on any atom is 0.416 e. The van der Waals surface area contributed by atoms with E-state index >= 15 is 0 Å². The molecule has 4 nitrogen and oxygen atoms in total. The second-order valence-corrected chi connectivity index (χ2v) is 6.86. The van der Waals surface area contributed by atoms with Gasteiger partial charge in [0.1, 0.15) is 5.71 Å². The Kier molecular flexibility index (Phi) is 6.15. The maximum atomic E-state index is 13.3. The van der Waals surface area contributed by atoms with Gasteiger partial charge >= 0.3 is 6.18 Å². The number of benzene rings is 1. The van der Waals surface area contributed by atoms with Gasteiger partial charge in [-0.2, -0.15) is 13.2 Å². The molecule has 0 bridgehead atoms. The minimum absolute atomic E-state index is 0.235. The topological polar surface area (TPSA) is 45.6 Å². The van der Waals surface area contributed by atoms with Crippen molar-refractivity contribution in [3.05, 3.63) is 71.6 Å². The number of alkyl halides is 3. The summed E-state index contributed by atoms with van der Waals surface area (Å²) in [5, 5.41) is 0. The Morgan fingerprint density at radius 1 is 1.21 bits per heavy atom. The van der Waals surface area contributed by atoms with Crippen LogP contribution in [0.1, 0.15) is 41.1 Å². The first kappa shape index (κ1) is 20.8. The Morgan fingerprint density at radius 2 is 1.90 bits per heavy atom. The number of hydrogen-bond donors (Lipinski definition) is 0.